The second kappa shape index (κ2) is 6.76. The van der Waals surface area contributed by atoms with E-state index in [2.05, 4.69) is 45.0 Å². The van der Waals surface area contributed by atoms with Gasteiger partial charge in [0.25, 0.3) is 5.91 Å². The highest BCUT2D eigenvalue weighted by atomic mass is 79.9. The Morgan fingerprint density at radius 2 is 2.10 bits per heavy atom. The zero-order chi connectivity index (χ0) is 15.4. The number of anilines is 2. The number of hydrogen-bond acceptors (Lipinski definition) is 3. The molecule has 2 rings (SSSR count). The molecule has 6 heteroatoms. The first-order valence-electron chi connectivity index (χ1n) is 6.89. The van der Waals surface area contributed by atoms with Crippen LogP contribution in [0.3, 0.4) is 0 Å². The minimum absolute atomic E-state index is 0.152. The van der Waals surface area contributed by atoms with Crippen molar-refractivity contribution in [2.75, 3.05) is 23.3 Å². The maximum absolute atomic E-state index is 12.2. The fraction of sp³-hybridized carbons (Fsp3) is 0.333. The van der Waals surface area contributed by atoms with Gasteiger partial charge in [0.2, 0.25) is 0 Å². The number of pyridine rings is 1. The van der Waals surface area contributed by atoms with Crippen LogP contribution in [0.1, 0.15) is 24.3 Å². The molecule has 2 heterocycles. The van der Waals surface area contributed by atoms with Gasteiger partial charge in [-0.3, -0.25) is 4.79 Å². The van der Waals surface area contributed by atoms with Gasteiger partial charge in [-0.25, -0.2) is 4.98 Å². The van der Waals surface area contributed by atoms with E-state index in [0.29, 0.717) is 11.4 Å². The molecule has 21 heavy (non-hydrogen) atoms. The van der Waals surface area contributed by atoms with Gasteiger partial charge in [-0.15, -0.1) is 0 Å². The van der Waals surface area contributed by atoms with Crippen LogP contribution in [0.25, 0.3) is 0 Å². The van der Waals surface area contributed by atoms with Gasteiger partial charge >= 0.3 is 0 Å². The molecular weight excluding hydrogens is 332 g/mol. The van der Waals surface area contributed by atoms with Crippen molar-refractivity contribution in [3.8, 4) is 0 Å². The molecule has 0 saturated carbocycles. The number of rotatable bonds is 5. The maximum Gasteiger partial charge on any atom is 0.272 e. The van der Waals surface area contributed by atoms with Crippen molar-refractivity contribution in [1.29, 1.82) is 0 Å². The quantitative estimate of drug-likeness (QED) is 0.900. The van der Waals surface area contributed by atoms with Gasteiger partial charge in [-0.05, 0) is 48.0 Å². The van der Waals surface area contributed by atoms with Crippen LogP contribution in [0, 0.1) is 0 Å². The minimum atomic E-state index is -0.152. The average Bonchev–Trinajstić information content (AvgIpc) is 2.81. The van der Waals surface area contributed by atoms with Gasteiger partial charge < -0.3 is 14.8 Å². The van der Waals surface area contributed by atoms with E-state index in [1.807, 2.05) is 25.4 Å². The highest BCUT2D eigenvalue weighted by Gasteiger charge is 2.11. The summed E-state index contributed by atoms with van der Waals surface area (Å²) in [5.41, 5.74) is 1.28. The molecule has 0 aromatic carbocycles. The lowest BCUT2D eigenvalue weighted by Crippen LogP contribution is -2.23. The lowest BCUT2D eigenvalue weighted by atomic mass is 10.3. The summed E-state index contributed by atoms with van der Waals surface area (Å²) in [6.07, 6.45) is 3.53. The Kier molecular flexibility index (Phi) is 5.01. The van der Waals surface area contributed by atoms with Crippen LogP contribution in [-0.2, 0) is 7.05 Å². The van der Waals surface area contributed by atoms with Gasteiger partial charge in [0, 0.05) is 30.8 Å². The number of carbonyl (C=O) groups is 1. The Morgan fingerprint density at radius 1 is 1.38 bits per heavy atom. The SMILES string of the molecule is CCN(CC)c1ccc(NC(=O)c2cc(Br)cn2C)cn1. The summed E-state index contributed by atoms with van der Waals surface area (Å²) in [6, 6.07) is 5.58. The Labute approximate surface area is 133 Å². The van der Waals surface area contributed by atoms with Crippen molar-refractivity contribution in [1.82, 2.24) is 9.55 Å². The molecular formula is C15H19BrN4O. The van der Waals surface area contributed by atoms with E-state index >= 15 is 0 Å². The number of amides is 1. The first kappa shape index (κ1) is 15.6. The third-order valence-electron chi connectivity index (χ3n) is 3.30. The van der Waals surface area contributed by atoms with E-state index in [0.717, 1.165) is 23.4 Å². The Bertz CT molecular complexity index is 617. The summed E-state index contributed by atoms with van der Waals surface area (Å²) in [6.45, 7) is 6.00. The molecule has 0 radical (unpaired) electrons. The highest BCUT2D eigenvalue weighted by molar-refractivity contribution is 9.10. The van der Waals surface area contributed by atoms with Crippen LogP contribution in [0.5, 0.6) is 0 Å². The average molecular weight is 351 g/mol. The van der Waals surface area contributed by atoms with E-state index in [1.54, 1.807) is 16.8 Å². The van der Waals surface area contributed by atoms with Crippen LogP contribution in [0.4, 0.5) is 11.5 Å². The largest absolute Gasteiger partial charge is 0.357 e. The van der Waals surface area contributed by atoms with Crippen LogP contribution in [0.15, 0.2) is 35.1 Å². The van der Waals surface area contributed by atoms with Crippen molar-refractivity contribution < 1.29 is 4.79 Å². The molecule has 5 nitrogen and oxygen atoms in total. The second-order valence-corrected chi connectivity index (χ2v) is 5.60. The molecule has 2 aromatic rings. The molecule has 2 aromatic heterocycles. The molecule has 0 saturated heterocycles. The molecule has 112 valence electrons. The number of nitrogens with one attached hydrogen (secondary N) is 1. The molecule has 0 aliphatic carbocycles. The fourth-order valence-electron chi connectivity index (χ4n) is 2.14. The molecule has 1 N–H and O–H groups in total. The topological polar surface area (TPSA) is 50.2 Å². The molecule has 0 bridgehead atoms. The standard InChI is InChI=1S/C15H19BrN4O/c1-4-20(5-2)14-7-6-12(9-17-14)18-15(21)13-8-11(16)10-19(13)3/h6-10H,4-5H2,1-3H3,(H,18,21). The van der Waals surface area contributed by atoms with Crippen LogP contribution in [-0.4, -0.2) is 28.5 Å². The molecule has 0 aliphatic rings. The summed E-state index contributed by atoms with van der Waals surface area (Å²) < 4.78 is 2.65. The van der Waals surface area contributed by atoms with E-state index < -0.39 is 0 Å². The maximum atomic E-state index is 12.2. The lowest BCUT2D eigenvalue weighted by molar-refractivity contribution is 0.101. The van der Waals surface area contributed by atoms with Crippen molar-refractivity contribution in [2.45, 2.75) is 13.8 Å². The molecule has 1 amide bonds. The number of aromatic nitrogens is 2. The predicted octanol–water partition coefficient (Wildman–Crippen LogP) is 3.28. The van der Waals surface area contributed by atoms with E-state index in [9.17, 15) is 4.79 Å². The van der Waals surface area contributed by atoms with Crippen LogP contribution in [0.2, 0.25) is 0 Å². The monoisotopic (exact) mass is 350 g/mol. The van der Waals surface area contributed by atoms with Crippen LogP contribution >= 0.6 is 15.9 Å². The minimum Gasteiger partial charge on any atom is -0.357 e. The summed E-state index contributed by atoms with van der Waals surface area (Å²) in [5.74, 6) is 0.764. The van der Waals surface area contributed by atoms with E-state index in [-0.39, 0.29) is 5.91 Å². The first-order valence-corrected chi connectivity index (χ1v) is 7.68. The summed E-state index contributed by atoms with van der Waals surface area (Å²) in [4.78, 5) is 18.7. The fourth-order valence-corrected chi connectivity index (χ4v) is 2.66. The van der Waals surface area contributed by atoms with Crippen LogP contribution < -0.4 is 10.2 Å². The van der Waals surface area contributed by atoms with Crippen molar-refractivity contribution in [2.24, 2.45) is 7.05 Å². The summed E-state index contributed by atoms with van der Waals surface area (Å²) in [7, 11) is 1.83. The van der Waals surface area contributed by atoms with Gasteiger partial charge in [0.15, 0.2) is 0 Å². The molecule has 0 unspecified atom stereocenters. The van der Waals surface area contributed by atoms with Crippen molar-refractivity contribution in [3.63, 3.8) is 0 Å². The third-order valence-corrected chi connectivity index (χ3v) is 3.73. The molecule has 0 aliphatic heterocycles. The van der Waals surface area contributed by atoms with E-state index in [4.69, 9.17) is 0 Å². The van der Waals surface area contributed by atoms with Crippen molar-refractivity contribution in [3.05, 3.63) is 40.8 Å². The smallest absolute Gasteiger partial charge is 0.272 e. The lowest BCUT2D eigenvalue weighted by Gasteiger charge is -2.19. The zero-order valence-corrected chi connectivity index (χ0v) is 14.0. The highest BCUT2D eigenvalue weighted by Crippen LogP contribution is 2.17. The zero-order valence-electron chi connectivity index (χ0n) is 12.4. The molecule has 0 fully saturated rings. The number of carbonyl (C=O) groups excluding carboxylic acids is 1. The number of hydrogen-bond donors (Lipinski definition) is 1. The normalized spacial score (nSPS) is 10.5. The molecule has 0 atom stereocenters. The summed E-state index contributed by atoms with van der Waals surface area (Å²) in [5, 5.41) is 2.85. The van der Waals surface area contributed by atoms with Crippen molar-refractivity contribution >= 4 is 33.3 Å². The van der Waals surface area contributed by atoms with Gasteiger partial charge in [0.05, 0.1) is 11.9 Å². The summed E-state index contributed by atoms with van der Waals surface area (Å²) >= 11 is 3.36. The number of nitrogens with zero attached hydrogens (tertiary/aromatic N) is 3. The Morgan fingerprint density at radius 3 is 2.57 bits per heavy atom. The number of aryl methyl sites for hydroxylation is 1. The van der Waals surface area contributed by atoms with E-state index in [1.165, 1.54) is 0 Å². The predicted molar refractivity (Wildman–Crippen MR) is 88.9 cm³/mol. The number of halogens is 1. The Balaban J connectivity index is 2.10. The molecule has 0 spiro atoms. The first-order chi connectivity index (χ1) is 10.0. The van der Waals surface area contributed by atoms with Gasteiger partial charge in [-0.2, -0.15) is 0 Å². The Hall–Kier alpha value is -1.82. The van der Waals surface area contributed by atoms with Gasteiger partial charge in [0.1, 0.15) is 11.5 Å². The van der Waals surface area contributed by atoms with Gasteiger partial charge in [-0.1, -0.05) is 0 Å². The third kappa shape index (κ3) is 3.64. The second-order valence-electron chi connectivity index (χ2n) is 4.69.